The second-order valence-corrected chi connectivity index (χ2v) is 4.80. The lowest BCUT2D eigenvalue weighted by Crippen LogP contribution is -2.30. The number of hydrogen-bond acceptors (Lipinski definition) is 5. The number of nitriles is 1. The molecule has 0 unspecified atom stereocenters. The molecule has 0 bridgehead atoms. The molecule has 0 radical (unpaired) electrons. The van der Waals surface area contributed by atoms with Crippen LogP contribution in [0.15, 0.2) is 12.4 Å². The van der Waals surface area contributed by atoms with E-state index in [4.69, 9.17) is 5.26 Å². The van der Waals surface area contributed by atoms with E-state index in [-0.39, 0.29) is 0 Å². The first-order valence-corrected chi connectivity index (χ1v) is 6.35. The van der Waals surface area contributed by atoms with E-state index in [1.165, 1.54) is 25.7 Å². The molecule has 1 aliphatic rings. The van der Waals surface area contributed by atoms with Crippen LogP contribution in [0.3, 0.4) is 0 Å². The summed E-state index contributed by atoms with van der Waals surface area (Å²) >= 11 is 0. The monoisotopic (exact) mass is 245 g/mol. The second-order valence-electron chi connectivity index (χ2n) is 4.80. The summed E-state index contributed by atoms with van der Waals surface area (Å²) in [5.74, 6) is 1.74. The molecule has 1 fully saturated rings. The van der Waals surface area contributed by atoms with Crippen LogP contribution in [0.25, 0.3) is 0 Å². The SMILES string of the molecule is CN(CC#N)c1cc(N(C)C2CCCC2)ncn1. The van der Waals surface area contributed by atoms with Crippen LogP contribution < -0.4 is 9.80 Å². The first-order valence-electron chi connectivity index (χ1n) is 6.35. The van der Waals surface area contributed by atoms with Crippen LogP contribution in [-0.2, 0) is 0 Å². The lowest BCUT2D eigenvalue weighted by molar-refractivity contribution is 0.645. The molecule has 96 valence electrons. The third kappa shape index (κ3) is 2.70. The molecule has 1 aliphatic carbocycles. The van der Waals surface area contributed by atoms with Gasteiger partial charge in [-0.1, -0.05) is 12.8 Å². The molecule has 0 saturated heterocycles. The zero-order valence-electron chi connectivity index (χ0n) is 11.0. The molecule has 0 aliphatic heterocycles. The minimum atomic E-state index is 0.337. The molecule has 0 aromatic carbocycles. The van der Waals surface area contributed by atoms with Crippen LogP contribution in [0, 0.1) is 11.3 Å². The highest BCUT2D eigenvalue weighted by atomic mass is 15.2. The molecule has 5 heteroatoms. The van der Waals surface area contributed by atoms with Crippen molar-refractivity contribution in [3.63, 3.8) is 0 Å². The third-order valence-electron chi connectivity index (χ3n) is 3.57. The van der Waals surface area contributed by atoms with Crippen LogP contribution >= 0.6 is 0 Å². The smallest absolute Gasteiger partial charge is 0.134 e. The Bertz CT molecular complexity index is 433. The number of nitrogens with zero attached hydrogens (tertiary/aromatic N) is 5. The Hall–Kier alpha value is -1.83. The van der Waals surface area contributed by atoms with Gasteiger partial charge in [0.2, 0.25) is 0 Å². The van der Waals surface area contributed by atoms with Crippen molar-refractivity contribution in [2.24, 2.45) is 0 Å². The third-order valence-corrected chi connectivity index (χ3v) is 3.57. The van der Waals surface area contributed by atoms with Crippen molar-refractivity contribution in [3.05, 3.63) is 12.4 Å². The van der Waals surface area contributed by atoms with Gasteiger partial charge in [-0.3, -0.25) is 0 Å². The summed E-state index contributed by atoms with van der Waals surface area (Å²) in [5.41, 5.74) is 0. The van der Waals surface area contributed by atoms with E-state index in [1.54, 1.807) is 6.33 Å². The summed E-state index contributed by atoms with van der Waals surface area (Å²) in [4.78, 5) is 12.6. The van der Waals surface area contributed by atoms with Gasteiger partial charge in [-0.25, -0.2) is 9.97 Å². The maximum absolute atomic E-state index is 8.70. The zero-order chi connectivity index (χ0) is 13.0. The number of hydrogen-bond donors (Lipinski definition) is 0. The summed E-state index contributed by atoms with van der Waals surface area (Å²) in [6.45, 7) is 0.337. The molecule has 1 saturated carbocycles. The fourth-order valence-electron chi connectivity index (χ4n) is 2.40. The van der Waals surface area contributed by atoms with Gasteiger partial charge >= 0.3 is 0 Å². The van der Waals surface area contributed by atoms with Crippen LogP contribution in [0.2, 0.25) is 0 Å². The first-order chi connectivity index (χ1) is 8.72. The van der Waals surface area contributed by atoms with Crippen molar-refractivity contribution >= 4 is 11.6 Å². The van der Waals surface area contributed by atoms with E-state index in [2.05, 4.69) is 28.0 Å². The summed E-state index contributed by atoms with van der Waals surface area (Å²) < 4.78 is 0. The molecule has 0 N–H and O–H groups in total. The van der Waals surface area contributed by atoms with Crippen LogP contribution in [0.5, 0.6) is 0 Å². The molecule has 1 aromatic heterocycles. The zero-order valence-corrected chi connectivity index (χ0v) is 11.0. The van der Waals surface area contributed by atoms with Crippen molar-refractivity contribution in [3.8, 4) is 6.07 Å². The van der Waals surface area contributed by atoms with E-state index in [9.17, 15) is 0 Å². The van der Waals surface area contributed by atoms with Crippen molar-refractivity contribution < 1.29 is 0 Å². The maximum atomic E-state index is 8.70. The van der Waals surface area contributed by atoms with Gasteiger partial charge in [-0.05, 0) is 12.8 Å². The fraction of sp³-hybridized carbons (Fsp3) is 0.615. The molecular formula is C13H19N5. The average molecular weight is 245 g/mol. The molecular weight excluding hydrogens is 226 g/mol. The van der Waals surface area contributed by atoms with Gasteiger partial charge in [0, 0.05) is 26.2 Å². The Labute approximate surface area is 108 Å². The van der Waals surface area contributed by atoms with Gasteiger partial charge in [0.1, 0.15) is 24.5 Å². The normalized spacial score (nSPS) is 15.4. The molecule has 2 rings (SSSR count). The average Bonchev–Trinajstić information content (AvgIpc) is 2.92. The molecule has 0 atom stereocenters. The summed E-state index contributed by atoms with van der Waals surface area (Å²) in [6, 6.07) is 4.67. The number of rotatable bonds is 4. The topological polar surface area (TPSA) is 56.1 Å². The van der Waals surface area contributed by atoms with Gasteiger partial charge in [0.05, 0.1) is 6.07 Å². The Morgan fingerprint density at radius 3 is 2.61 bits per heavy atom. The quantitative estimate of drug-likeness (QED) is 0.757. The number of aromatic nitrogens is 2. The van der Waals surface area contributed by atoms with Crippen molar-refractivity contribution in [2.45, 2.75) is 31.7 Å². The first kappa shape index (κ1) is 12.6. The molecule has 0 spiro atoms. The Kier molecular flexibility index (Phi) is 3.98. The molecule has 18 heavy (non-hydrogen) atoms. The van der Waals surface area contributed by atoms with Crippen LogP contribution in [-0.4, -0.2) is 36.6 Å². The van der Waals surface area contributed by atoms with Crippen LogP contribution in [0.1, 0.15) is 25.7 Å². The van der Waals surface area contributed by atoms with Gasteiger partial charge in [-0.2, -0.15) is 5.26 Å². The van der Waals surface area contributed by atoms with E-state index in [0.29, 0.717) is 12.6 Å². The van der Waals surface area contributed by atoms with Gasteiger partial charge in [0.15, 0.2) is 0 Å². The highest BCUT2D eigenvalue weighted by molar-refractivity contribution is 5.50. The number of anilines is 2. The van der Waals surface area contributed by atoms with E-state index < -0.39 is 0 Å². The lowest BCUT2D eigenvalue weighted by Gasteiger charge is -2.26. The molecule has 0 amide bonds. The molecule has 1 heterocycles. The Morgan fingerprint density at radius 1 is 1.28 bits per heavy atom. The fourth-order valence-corrected chi connectivity index (χ4v) is 2.40. The maximum Gasteiger partial charge on any atom is 0.134 e. The van der Waals surface area contributed by atoms with Gasteiger partial charge in [-0.15, -0.1) is 0 Å². The van der Waals surface area contributed by atoms with Gasteiger partial charge < -0.3 is 9.80 Å². The Balaban J connectivity index is 2.13. The predicted octanol–water partition coefficient (Wildman–Crippen LogP) is 1.82. The minimum Gasteiger partial charge on any atom is -0.357 e. The van der Waals surface area contributed by atoms with E-state index >= 15 is 0 Å². The summed E-state index contributed by atoms with van der Waals surface area (Å²) in [6.07, 6.45) is 6.67. The highest BCUT2D eigenvalue weighted by Crippen LogP contribution is 2.26. The van der Waals surface area contributed by atoms with Crippen LogP contribution in [0.4, 0.5) is 11.6 Å². The predicted molar refractivity (Wildman–Crippen MR) is 71.6 cm³/mol. The molecule has 5 nitrogen and oxygen atoms in total. The summed E-state index contributed by atoms with van der Waals surface area (Å²) in [7, 11) is 3.96. The lowest BCUT2D eigenvalue weighted by atomic mass is 10.2. The largest absolute Gasteiger partial charge is 0.357 e. The van der Waals surface area contributed by atoms with Crippen molar-refractivity contribution in [1.29, 1.82) is 5.26 Å². The second kappa shape index (κ2) is 5.67. The van der Waals surface area contributed by atoms with E-state index in [0.717, 1.165) is 11.6 Å². The highest BCUT2D eigenvalue weighted by Gasteiger charge is 2.21. The summed E-state index contributed by atoms with van der Waals surface area (Å²) in [5, 5.41) is 8.70. The van der Waals surface area contributed by atoms with Gasteiger partial charge in [0.25, 0.3) is 0 Å². The van der Waals surface area contributed by atoms with E-state index in [1.807, 2.05) is 18.0 Å². The molecule has 1 aromatic rings. The Morgan fingerprint density at radius 2 is 1.94 bits per heavy atom. The minimum absolute atomic E-state index is 0.337. The van der Waals surface area contributed by atoms with Crippen molar-refractivity contribution in [1.82, 2.24) is 9.97 Å². The standard InChI is InChI=1S/C13H19N5/c1-17(8-7-14)12-9-13(16-10-15-12)18(2)11-5-3-4-6-11/h9-11H,3-6,8H2,1-2H3. The van der Waals surface area contributed by atoms with Crippen molar-refractivity contribution in [2.75, 3.05) is 30.4 Å².